The second-order valence-electron chi connectivity index (χ2n) is 3.74. The first-order chi connectivity index (χ1) is 8.53. The molecule has 0 aliphatic carbocycles. The molecule has 0 fully saturated rings. The van der Waals surface area contributed by atoms with Crippen LogP contribution in [0.4, 0.5) is 11.4 Å². The van der Waals surface area contributed by atoms with Crippen LogP contribution in [-0.2, 0) is 14.8 Å². The van der Waals surface area contributed by atoms with Crippen molar-refractivity contribution in [2.45, 2.75) is 13.8 Å². The number of ether oxygens (including phenoxy) is 1. The molecule has 0 unspecified atom stereocenters. The molecule has 0 radical (unpaired) electrons. The summed E-state index contributed by atoms with van der Waals surface area (Å²) < 4.78 is 30.8. The van der Waals surface area contributed by atoms with Crippen LogP contribution in [0, 0.1) is 0 Å². The highest BCUT2D eigenvalue weighted by atomic mass is 32.2. The first-order valence-corrected chi connectivity index (χ1v) is 7.56. The maximum absolute atomic E-state index is 12.2. The summed E-state index contributed by atoms with van der Waals surface area (Å²) in [6.45, 7) is 4.67. The van der Waals surface area contributed by atoms with Crippen molar-refractivity contribution < 1.29 is 13.2 Å². The van der Waals surface area contributed by atoms with Crippen LogP contribution in [0.3, 0.4) is 0 Å². The zero-order valence-corrected chi connectivity index (χ0v) is 11.6. The van der Waals surface area contributed by atoms with Crippen molar-refractivity contribution in [1.82, 2.24) is 0 Å². The Morgan fingerprint density at radius 2 is 1.94 bits per heavy atom. The Bertz CT molecular complexity index is 474. The third-order valence-corrected chi connectivity index (χ3v) is 4.33. The van der Waals surface area contributed by atoms with Crippen molar-refractivity contribution in [3.05, 3.63) is 24.3 Å². The Hall–Kier alpha value is -1.27. The number of anilines is 2. The predicted octanol–water partition coefficient (Wildman–Crippen LogP) is 1.46. The number of para-hydroxylation sites is 2. The summed E-state index contributed by atoms with van der Waals surface area (Å²) in [5.41, 5.74) is 6.79. The molecule has 0 spiro atoms. The lowest BCUT2D eigenvalue weighted by Gasteiger charge is -2.24. The van der Waals surface area contributed by atoms with Crippen LogP contribution in [0.25, 0.3) is 0 Å². The molecule has 0 aromatic heterocycles. The smallest absolute Gasteiger partial charge is 0.237 e. The molecule has 102 valence electrons. The van der Waals surface area contributed by atoms with Gasteiger partial charge in [0.05, 0.1) is 23.7 Å². The second kappa shape index (κ2) is 6.61. The third-order valence-electron chi connectivity index (χ3n) is 2.52. The van der Waals surface area contributed by atoms with Gasteiger partial charge in [0.1, 0.15) is 0 Å². The van der Waals surface area contributed by atoms with Crippen molar-refractivity contribution >= 4 is 21.4 Å². The van der Waals surface area contributed by atoms with Gasteiger partial charge in [-0.2, -0.15) is 0 Å². The third kappa shape index (κ3) is 3.61. The van der Waals surface area contributed by atoms with Crippen LogP contribution in [0.2, 0.25) is 0 Å². The molecule has 0 amide bonds. The van der Waals surface area contributed by atoms with Gasteiger partial charge in [0.2, 0.25) is 10.0 Å². The SMILES string of the molecule is CCOCCS(=O)(=O)N(CC)c1ccccc1N. The quantitative estimate of drug-likeness (QED) is 0.602. The van der Waals surface area contributed by atoms with Crippen molar-refractivity contribution in [1.29, 1.82) is 0 Å². The van der Waals surface area contributed by atoms with E-state index < -0.39 is 10.0 Å². The van der Waals surface area contributed by atoms with Crippen LogP contribution in [-0.4, -0.2) is 33.9 Å². The summed E-state index contributed by atoms with van der Waals surface area (Å²) in [6.07, 6.45) is 0. The molecule has 0 atom stereocenters. The summed E-state index contributed by atoms with van der Waals surface area (Å²) in [5.74, 6) is -0.0387. The number of rotatable bonds is 7. The lowest BCUT2D eigenvalue weighted by Crippen LogP contribution is -2.34. The highest BCUT2D eigenvalue weighted by Crippen LogP contribution is 2.24. The minimum absolute atomic E-state index is 0.0387. The van der Waals surface area contributed by atoms with Crippen molar-refractivity contribution in [3.8, 4) is 0 Å². The van der Waals surface area contributed by atoms with Crippen molar-refractivity contribution in [2.24, 2.45) is 0 Å². The van der Waals surface area contributed by atoms with Gasteiger partial charge in [0, 0.05) is 13.2 Å². The van der Waals surface area contributed by atoms with Crippen LogP contribution < -0.4 is 10.0 Å². The van der Waals surface area contributed by atoms with Gasteiger partial charge in [-0.1, -0.05) is 12.1 Å². The van der Waals surface area contributed by atoms with E-state index in [2.05, 4.69) is 0 Å². The van der Waals surface area contributed by atoms with Crippen molar-refractivity contribution in [2.75, 3.05) is 35.6 Å². The standard InChI is InChI=1S/C12H20N2O3S/c1-3-14(12-8-6-5-7-11(12)13)18(15,16)10-9-17-4-2/h5-8H,3-4,9-10,13H2,1-2H3. The van der Waals surface area contributed by atoms with Gasteiger partial charge in [-0.3, -0.25) is 4.31 Å². The van der Waals surface area contributed by atoms with E-state index in [4.69, 9.17) is 10.5 Å². The zero-order valence-electron chi connectivity index (χ0n) is 10.8. The first-order valence-electron chi connectivity index (χ1n) is 5.95. The van der Waals surface area contributed by atoms with Crippen LogP contribution in [0.15, 0.2) is 24.3 Å². The highest BCUT2D eigenvalue weighted by molar-refractivity contribution is 7.92. The van der Waals surface area contributed by atoms with E-state index in [1.165, 1.54) is 4.31 Å². The lowest BCUT2D eigenvalue weighted by molar-refractivity contribution is 0.163. The minimum atomic E-state index is -3.39. The number of nitrogen functional groups attached to an aromatic ring is 1. The Morgan fingerprint density at radius 3 is 2.50 bits per heavy atom. The van der Waals surface area contributed by atoms with Gasteiger partial charge in [0.15, 0.2) is 0 Å². The summed E-state index contributed by atoms with van der Waals surface area (Å²) in [5, 5.41) is 0. The molecule has 0 saturated heterocycles. The Labute approximate surface area is 109 Å². The van der Waals surface area contributed by atoms with Gasteiger partial charge in [-0.25, -0.2) is 8.42 Å². The van der Waals surface area contributed by atoms with Gasteiger partial charge < -0.3 is 10.5 Å². The molecule has 1 aromatic carbocycles. The summed E-state index contributed by atoms with van der Waals surface area (Å²) in [4.78, 5) is 0. The van der Waals surface area contributed by atoms with E-state index in [0.717, 1.165) is 0 Å². The molecule has 0 aliphatic rings. The summed E-state index contributed by atoms with van der Waals surface area (Å²) in [7, 11) is -3.39. The molecular weight excluding hydrogens is 252 g/mol. The first kappa shape index (κ1) is 14.8. The normalized spacial score (nSPS) is 11.4. The van der Waals surface area contributed by atoms with E-state index in [1.54, 1.807) is 31.2 Å². The maximum Gasteiger partial charge on any atom is 0.237 e. The molecule has 1 rings (SSSR count). The van der Waals surface area contributed by atoms with Crippen LogP contribution in [0.1, 0.15) is 13.8 Å². The number of benzene rings is 1. The van der Waals surface area contributed by atoms with E-state index in [1.807, 2.05) is 6.92 Å². The van der Waals surface area contributed by atoms with Gasteiger partial charge in [0.25, 0.3) is 0 Å². The molecule has 0 saturated carbocycles. The fourth-order valence-corrected chi connectivity index (χ4v) is 3.06. The number of sulfonamides is 1. The van der Waals surface area contributed by atoms with Crippen molar-refractivity contribution in [3.63, 3.8) is 0 Å². The Kier molecular flexibility index (Phi) is 5.43. The molecule has 1 aromatic rings. The highest BCUT2D eigenvalue weighted by Gasteiger charge is 2.22. The number of hydrogen-bond acceptors (Lipinski definition) is 4. The van der Waals surface area contributed by atoms with Gasteiger partial charge in [-0.15, -0.1) is 0 Å². The van der Waals surface area contributed by atoms with E-state index in [0.29, 0.717) is 24.5 Å². The minimum Gasteiger partial charge on any atom is -0.397 e. The van der Waals surface area contributed by atoms with Gasteiger partial charge >= 0.3 is 0 Å². The maximum atomic E-state index is 12.2. The predicted molar refractivity (Wildman–Crippen MR) is 74.2 cm³/mol. The molecule has 0 bridgehead atoms. The fourth-order valence-electron chi connectivity index (χ4n) is 1.65. The molecule has 6 heteroatoms. The Morgan fingerprint density at radius 1 is 1.28 bits per heavy atom. The molecular formula is C12H20N2O3S. The van der Waals surface area contributed by atoms with E-state index in [-0.39, 0.29) is 12.4 Å². The summed E-state index contributed by atoms with van der Waals surface area (Å²) in [6, 6.07) is 6.94. The van der Waals surface area contributed by atoms with Gasteiger partial charge in [-0.05, 0) is 26.0 Å². The fraction of sp³-hybridized carbons (Fsp3) is 0.500. The molecule has 0 aliphatic heterocycles. The monoisotopic (exact) mass is 272 g/mol. The average molecular weight is 272 g/mol. The average Bonchev–Trinajstić information content (AvgIpc) is 2.32. The number of nitrogens with two attached hydrogens (primary N) is 1. The molecule has 18 heavy (non-hydrogen) atoms. The topological polar surface area (TPSA) is 72.6 Å². The Balaban J connectivity index is 2.93. The van der Waals surface area contributed by atoms with Crippen LogP contribution >= 0.6 is 0 Å². The number of hydrogen-bond donors (Lipinski definition) is 1. The summed E-state index contributed by atoms with van der Waals surface area (Å²) >= 11 is 0. The molecule has 2 N–H and O–H groups in total. The van der Waals surface area contributed by atoms with E-state index >= 15 is 0 Å². The number of nitrogens with zero attached hydrogens (tertiary/aromatic N) is 1. The molecule has 5 nitrogen and oxygen atoms in total. The van der Waals surface area contributed by atoms with Crippen LogP contribution in [0.5, 0.6) is 0 Å². The largest absolute Gasteiger partial charge is 0.397 e. The second-order valence-corrected chi connectivity index (χ2v) is 5.75. The zero-order chi connectivity index (χ0) is 13.6. The lowest BCUT2D eigenvalue weighted by atomic mass is 10.3. The van der Waals surface area contributed by atoms with E-state index in [9.17, 15) is 8.42 Å². The molecule has 0 heterocycles.